The third-order valence-electron chi connectivity index (χ3n) is 14.3. The van der Waals surface area contributed by atoms with Crippen LogP contribution < -0.4 is 4.90 Å². The van der Waals surface area contributed by atoms with Crippen molar-refractivity contribution in [2.45, 2.75) is 45.4 Å². The first-order chi connectivity index (χ1) is 30.7. The van der Waals surface area contributed by atoms with Crippen LogP contribution in [0, 0.1) is 6.92 Å². The lowest BCUT2D eigenvalue weighted by Gasteiger charge is -2.30. The molecule has 2 nitrogen and oxygen atoms in total. The molecular weight excluding hydrogens is 761 g/mol. The monoisotopic (exact) mass is 808 g/mol. The molecule has 0 saturated heterocycles. The SMILES string of the molecule is Cc1cc(N(c2ccc3c(c2)C(C)(C)c2ccccc2-3)c2ccc3c(c2)C(C)(C)c2ccccc2-3)ccc1-c1ccc2c3ccccc3n(-c3cccc(-c4ccccc4)c3)c2c1. The van der Waals surface area contributed by atoms with Crippen LogP contribution in [-0.4, -0.2) is 4.57 Å². The van der Waals surface area contributed by atoms with Crippen LogP contribution in [-0.2, 0) is 10.8 Å². The topological polar surface area (TPSA) is 8.17 Å². The number of hydrogen-bond donors (Lipinski definition) is 0. The molecule has 0 radical (unpaired) electrons. The largest absolute Gasteiger partial charge is 0.310 e. The number of aryl methyl sites for hydroxylation is 1. The summed E-state index contributed by atoms with van der Waals surface area (Å²) in [5.41, 5.74) is 23.8. The van der Waals surface area contributed by atoms with Gasteiger partial charge >= 0.3 is 0 Å². The minimum atomic E-state index is -0.112. The van der Waals surface area contributed by atoms with Crippen LogP contribution in [0.3, 0.4) is 0 Å². The van der Waals surface area contributed by atoms with Gasteiger partial charge in [0.1, 0.15) is 0 Å². The van der Waals surface area contributed by atoms with Crippen molar-refractivity contribution in [3.8, 4) is 50.2 Å². The van der Waals surface area contributed by atoms with Crippen LogP contribution in [0.4, 0.5) is 17.1 Å². The highest BCUT2D eigenvalue weighted by molar-refractivity contribution is 6.10. The fourth-order valence-electron chi connectivity index (χ4n) is 11.1. The summed E-state index contributed by atoms with van der Waals surface area (Å²) in [6.45, 7) is 11.8. The summed E-state index contributed by atoms with van der Waals surface area (Å²) in [6.07, 6.45) is 0. The first-order valence-corrected chi connectivity index (χ1v) is 22.3. The number of anilines is 3. The number of benzene rings is 9. The van der Waals surface area contributed by atoms with E-state index in [-0.39, 0.29) is 10.8 Å². The van der Waals surface area contributed by atoms with E-state index < -0.39 is 0 Å². The summed E-state index contributed by atoms with van der Waals surface area (Å²) >= 11 is 0. The molecule has 0 N–H and O–H groups in total. The average molecular weight is 809 g/mol. The van der Waals surface area contributed by atoms with Crippen LogP contribution in [0.15, 0.2) is 200 Å². The van der Waals surface area contributed by atoms with E-state index in [0.717, 1.165) is 11.4 Å². The molecule has 2 aliphatic rings. The lowest BCUT2D eigenvalue weighted by Crippen LogP contribution is -2.18. The predicted molar refractivity (Wildman–Crippen MR) is 266 cm³/mol. The van der Waals surface area contributed by atoms with Crippen molar-refractivity contribution in [2.75, 3.05) is 4.90 Å². The highest BCUT2D eigenvalue weighted by Gasteiger charge is 2.37. The van der Waals surface area contributed by atoms with E-state index in [2.05, 4.69) is 244 Å². The van der Waals surface area contributed by atoms with Crippen molar-refractivity contribution in [3.05, 3.63) is 228 Å². The number of hydrogen-bond acceptors (Lipinski definition) is 1. The van der Waals surface area contributed by atoms with Crippen LogP contribution >= 0.6 is 0 Å². The maximum absolute atomic E-state index is 2.48. The number of para-hydroxylation sites is 1. The Morgan fingerprint density at radius 3 is 1.52 bits per heavy atom. The Bertz CT molecular complexity index is 3360. The maximum Gasteiger partial charge on any atom is 0.0547 e. The van der Waals surface area contributed by atoms with Crippen molar-refractivity contribution in [1.29, 1.82) is 0 Å². The van der Waals surface area contributed by atoms with Gasteiger partial charge in [-0.25, -0.2) is 0 Å². The van der Waals surface area contributed by atoms with Crippen LogP contribution in [0.25, 0.3) is 72.0 Å². The van der Waals surface area contributed by atoms with Gasteiger partial charge in [0.25, 0.3) is 0 Å². The van der Waals surface area contributed by atoms with E-state index in [1.807, 2.05) is 0 Å². The molecule has 0 aliphatic heterocycles. The minimum Gasteiger partial charge on any atom is -0.310 e. The third kappa shape index (κ3) is 5.64. The number of nitrogens with zero attached hydrogens (tertiary/aromatic N) is 2. The second-order valence-electron chi connectivity index (χ2n) is 18.6. The highest BCUT2D eigenvalue weighted by atomic mass is 15.1. The van der Waals surface area contributed by atoms with Crippen molar-refractivity contribution < 1.29 is 0 Å². The third-order valence-corrected chi connectivity index (χ3v) is 14.3. The van der Waals surface area contributed by atoms with Crippen LogP contribution in [0.5, 0.6) is 0 Å². The molecule has 0 amide bonds. The molecule has 10 aromatic rings. The van der Waals surface area contributed by atoms with E-state index >= 15 is 0 Å². The van der Waals surface area contributed by atoms with Gasteiger partial charge in [0.05, 0.1) is 11.0 Å². The predicted octanol–water partition coefficient (Wildman–Crippen LogP) is 16.5. The van der Waals surface area contributed by atoms with E-state index in [0.29, 0.717) is 0 Å². The summed E-state index contributed by atoms with van der Waals surface area (Å²) < 4.78 is 2.44. The highest BCUT2D eigenvalue weighted by Crippen LogP contribution is 2.53. The van der Waals surface area contributed by atoms with E-state index in [4.69, 9.17) is 0 Å². The summed E-state index contributed by atoms with van der Waals surface area (Å²) in [5.74, 6) is 0. The average Bonchev–Trinajstić information content (AvgIpc) is 3.86. The molecule has 2 aliphatic carbocycles. The molecule has 0 unspecified atom stereocenters. The number of rotatable bonds is 6. The maximum atomic E-state index is 2.48. The molecule has 63 heavy (non-hydrogen) atoms. The van der Waals surface area contributed by atoms with Gasteiger partial charge in [0.2, 0.25) is 0 Å². The number of aromatic nitrogens is 1. The molecule has 0 bridgehead atoms. The lowest BCUT2D eigenvalue weighted by molar-refractivity contribution is 0.660. The molecule has 0 spiro atoms. The fraction of sp³-hybridized carbons (Fsp3) is 0.115. The minimum absolute atomic E-state index is 0.112. The van der Waals surface area contributed by atoms with Crippen molar-refractivity contribution in [2.24, 2.45) is 0 Å². The zero-order valence-corrected chi connectivity index (χ0v) is 36.4. The molecule has 0 fully saturated rings. The van der Waals surface area contributed by atoms with Gasteiger partial charge < -0.3 is 9.47 Å². The van der Waals surface area contributed by atoms with E-state index in [1.54, 1.807) is 0 Å². The molecule has 12 rings (SSSR count). The van der Waals surface area contributed by atoms with Gasteiger partial charge in [-0.1, -0.05) is 167 Å². The standard InChI is InChI=1S/C61H48N2/c1-39-34-44(27-31-47(39)42-26-30-53-52-22-11-14-25-58(52)63(59(53)36-42)43-19-15-18-41(35-43)40-16-7-6-8-17-40)62(45-28-32-50-48-20-9-12-23-54(48)60(2,3)56(50)37-45)46-29-33-51-49-21-10-13-24-55(49)61(4,5)57(51)38-46/h6-38H,1-5H3. The Kier molecular flexibility index (Phi) is 8.18. The van der Waals surface area contributed by atoms with Gasteiger partial charge in [0, 0.05) is 44.4 Å². The molecule has 302 valence electrons. The fourth-order valence-corrected chi connectivity index (χ4v) is 11.1. The summed E-state index contributed by atoms with van der Waals surface area (Å²) in [4.78, 5) is 2.48. The Hall–Kier alpha value is -7.42. The Morgan fingerprint density at radius 2 is 0.873 bits per heavy atom. The summed E-state index contributed by atoms with van der Waals surface area (Å²) in [6, 6.07) is 74.6. The van der Waals surface area contributed by atoms with Crippen molar-refractivity contribution in [1.82, 2.24) is 4.57 Å². The second kappa shape index (κ2) is 13.8. The molecule has 9 aromatic carbocycles. The normalized spacial score (nSPS) is 14.0. The summed E-state index contributed by atoms with van der Waals surface area (Å²) in [5, 5.41) is 2.51. The molecule has 1 aromatic heterocycles. The zero-order valence-electron chi connectivity index (χ0n) is 36.4. The van der Waals surface area contributed by atoms with Crippen LogP contribution in [0.2, 0.25) is 0 Å². The van der Waals surface area contributed by atoms with Gasteiger partial charge in [0.15, 0.2) is 0 Å². The Morgan fingerprint density at radius 1 is 0.349 bits per heavy atom. The van der Waals surface area contributed by atoms with Gasteiger partial charge in [-0.2, -0.15) is 0 Å². The Balaban J connectivity index is 1.00. The van der Waals surface area contributed by atoms with E-state index in [9.17, 15) is 0 Å². The molecule has 0 atom stereocenters. The zero-order chi connectivity index (χ0) is 42.6. The molecule has 2 heteroatoms. The summed E-state index contributed by atoms with van der Waals surface area (Å²) in [7, 11) is 0. The van der Waals surface area contributed by atoms with Crippen molar-refractivity contribution >= 4 is 38.9 Å². The number of fused-ring (bicyclic) bond motifs is 9. The molecule has 1 heterocycles. The lowest BCUT2D eigenvalue weighted by atomic mass is 9.82. The Labute approximate surface area is 370 Å². The second-order valence-corrected chi connectivity index (χ2v) is 18.6. The van der Waals surface area contributed by atoms with Gasteiger partial charge in [-0.3, -0.25) is 0 Å². The smallest absolute Gasteiger partial charge is 0.0547 e. The molecule has 0 saturated carbocycles. The van der Waals surface area contributed by atoms with Crippen molar-refractivity contribution in [3.63, 3.8) is 0 Å². The van der Waals surface area contributed by atoms with Gasteiger partial charge in [-0.15, -0.1) is 0 Å². The first-order valence-electron chi connectivity index (χ1n) is 22.3. The van der Waals surface area contributed by atoms with Crippen LogP contribution in [0.1, 0.15) is 55.5 Å². The van der Waals surface area contributed by atoms with Gasteiger partial charge in [-0.05, 0) is 140 Å². The van der Waals surface area contributed by atoms with E-state index in [1.165, 1.54) is 106 Å². The molecular formula is C61H48N2. The quantitative estimate of drug-likeness (QED) is 0.162. The first kappa shape index (κ1) is 37.4.